The van der Waals surface area contributed by atoms with Crippen molar-refractivity contribution in [2.24, 2.45) is 0 Å². The van der Waals surface area contributed by atoms with Crippen LogP contribution in [0, 0.1) is 0 Å². The van der Waals surface area contributed by atoms with E-state index in [4.69, 9.17) is 10.1 Å². The Morgan fingerprint density at radius 2 is 1.89 bits per heavy atom. The van der Waals surface area contributed by atoms with Crippen LogP contribution in [0.3, 0.4) is 0 Å². The molecule has 4 aromatic rings. The lowest BCUT2D eigenvalue weighted by Crippen LogP contribution is -2.20. The molecule has 0 aromatic carbocycles. The zero-order chi connectivity index (χ0) is 18.1. The maximum absolute atomic E-state index is 4.77. The third-order valence-corrected chi connectivity index (χ3v) is 5.11. The first-order valence-corrected chi connectivity index (χ1v) is 9.24. The molecule has 1 aliphatic heterocycles. The molecule has 0 spiro atoms. The topological polar surface area (TPSA) is 59.2 Å². The van der Waals surface area contributed by atoms with Gasteiger partial charge < -0.3 is 0 Å². The van der Waals surface area contributed by atoms with Crippen molar-refractivity contribution in [3.8, 4) is 11.1 Å². The van der Waals surface area contributed by atoms with E-state index in [2.05, 4.69) is 27.0 Å². The van der Waals surface area contributed by atoms with Crippen molar-refractivity contribution < 1.29 is 0 Å². The molecule has 1 atom stereocenters. The minimum absolute atomic E-state index is 0.373. The van der Waals surface area contributed by atoms with Crippen molar-refractivity contribution >= 4 is 5.65 Å². The molecule has 1 saturated heterocycles. The van der Waals surface area contributed by atoms with Gasteiger partial charge in [0, 0.05) is 49.4 Å². The smallest absolute Gasteiger partial charge is 0.156 e. The van der Waals surface area contributed by atoms with Crippen LogP contribution in [-0.2, 0) is 6.54 Å². The molecule has 6 heteroatoms. The first-order valence-electron chi connectivity index (χ1n) is 9.24. The number of hydrogen-bond donors (Lipinski definition) is 0. The summed E-state index contributed by atoms with van der Waals surface area (Å²) in [6, 6.07) is 14.2. The van der Waals surface area contributed by atoms with Crippen molar-refractivity contribution in [3.63, 3.8) is 0 Å². The molecule has 27 heavy (non-hydrogen) atoms. The van der Waals surface area contributed by atoms with E-state index in [0.717, 1.165) is 54.3 Å². The number of aromatic nitrogens is 5. The molecular formula is C21H20N6. The number of pyridine rings is 3. The normalized spacial score (nSPS) is 17.6. The Balaban J connectivity index is 1.35. The first kappa shape index (κ1) is 16.1. The Kier molecular flexibility index (Phi) is 4.10. The van der Waals surface area contributed by atoms with Crippen LogP contribution in [0.1, 0.15) is 23.9 Å². The summed E-state index contributed by atoms with van der Waals surface area (Å²) >= 11 is 0. The highest BCUT2D eigenvalue weighted by Crippen LogP contribution is 2.27. The number of hydrogen-bond acceptors (Lipinski definition) is 5. The van der Waals surface area contributed by atoms with E-state index in [1.54, 1.807) is 12.4 Å². The monoisotopic (exact) mass is 356 g/mol. The predicted octanol–water partition coefficient (Wildman–Crippen LogP) is 3.18. The van der Waals surface area contributed by atoms with E-state index in [9.17, 15) is 0 Å². The summed E-state index contributed by atoms with van der Waals surface area (Å²) < 4.78 is 1.90. The average Bonchev–Trinajstić information content (AvgIpc) is 3.35. The Morgan fingerprint density at radius 3 is 2.74 bits per heavy atom. The van der Waals surface area contributed by atoms with Gasteiger partial charge in [0.25, 0.3) is 0 Å². The van der Waals surface area contributed by atoms with Crippen molar-refractivity contribution in [1.29, 1.82) is 0 Å². The largest absolute Gasteiger partial charge is 0.297 e. The fourth-order valence-corrected chi connectivity index (χ4v) is 3.70. The average molecular weight is 356 g/mol. The quantitative estimate of drug-likeness (QED) is 0.562. The summed E-state index contributed by atoms with van der Waals surface area (Å²) in [5.41, 5.74) is 4.25. The Bertz CT molecular complexity index is 1040. The lowest BCUT2D eigenvalue weighted by molar-refractivity contribution is 0.321. The summed E-state index contributed by atoms with van der Waals surface area (Å²) in [6.07, 6.45) is 8.59. The van der Waals surface area contributed by atoms with Crippen LogP contribution in [0.15, 0.2) is 67.3 Å². The summed E-state index contributed by atoms with van der Waals surface area (Å²) in [4.78, 5) is 15.7. The highest BCUT2D eigenvalue weighted by Gasteiger charge is 2.27. The van der Waals surface area contributed by atoms with Gasteiger partial charge in [-0.1, -0.05) is 6.07 Å². The molecule has 1 unspecified atom stereocenters. The zero-order valence-electron chi connectivity index (χ0n) is 14.9. The van der Waals surface area contributed by atoms with Crippen LogP contribution in [-0.4, -0.2) is 42.6 Å². The fourth-order valence-electron chi connectivity index (χ4n) is 3.70. The van der Waals surface area contributed by atoms with Crippen LogP contribution < -0.4 is 0 Å². The number of rotatable bonds is 4. The number of fused-ring (bicyclic) bond motifs is 1. The summed E-state index contributed by atoms with van der Waals surface area (Å²) in [6.45, 7) is 2.92. The second-order valence-electron chi connectivity index (χ2n) is 6.97. The van der Waals surface area contributed by atoms with Gasteiger partial charge in [-0.15, -0.1) is 0 Å². The molecular weight excluding hydrogens is 336 g/mol. The van der Waals surface area contributed by atoms with Gasteiger partial charge in [-0.05, 0) is 54.9 Å². The lowest BCUT2D eigenvalue weighted by atomic mass is 10.1. The van der Waals surface area contributed by atoms with Crippen LogP contribution in [0.4, 0.5) is 0 Å². The Hall–Kier alpha value is -3.12. The van der Waals surface area contributed by atoms with Crippen LogP contribution in [0.2, 0.25) is 0 Å². The van der Waals surface area contributed by atoms with Crippen LogP contribution >= 0.6 is 0 Å². The minimum atomic E-state index is 0.373. The fraction of sp³-hybridized carbons (Fsp3) is 0.238. The highest BCUT2D eigenvalue weighted by molar-refractivity contribution is 5.63. The molecule has 4 aromatic heterocycles. The van der Waals surface area contributed by atoms with E-state index in [0.29, 0.717) is 5.92 Å². The third-order valence-electron chi connectivity index (χ3n) is 5.11. The molecule has 0 bridgehead atoms. The van der Waals surface area contributed by atoms with Crippen molar-refractivity contribution in [1.82, 2.24) is 29.5 Å². The standard InChI is InChI=1S/C21H20N6/c1-2-9-23-19(3-1)15-26-12-8-18(13-26)21-24-20-5-4-17(14-27(20)25-21)16-6-10-22-11-7-16/h1-7,9-11,14,18H,8,12-13,15H2. The van der Waals surface area contributed by atoms with E-state index >= 15 is 0 Å². The third kappa shape index (κ3) is 3.31. The summed E-state index contributed by atoms with van der Waals surface area (Å²) in [7, 11) is 0. The van der Waals surface area contributed by atoms with E-state index in [-0.39, 0.29) is 0 Å². The molecule has 134 valence electrons. The van der Waals surface area contributed by atoms with Crippen molar-refractivity contribution in [2.75, 3.05) is 13.1 Å². The molecule has 5 rings (SSSR count). The van der Waals surface area contributed by atoms with Gasteiger partial charge in [-0.2, -0.15) is 5.10 Å². The van der Waals surface area contributed by atoms with Crippen molar-refractivity contribution in [3.05, 3.63) is 78.8 Å². The number of likely N-dealkylation sites (tertiary alicyclic amines) is 1. The number of nitrogens with zero attached hydrogens (tertiary/aromatic N) is 6. The molecule has 1 fully saturated rings. The molecule has 0 N–H and O–H groups in total. The second kappa shape index (κ2) is 6.89. The van der Waals surface area contributed by atoms with Gasteiger partial charge in [-0.3, -0.25) is 14.9 Å². The van der Waals surface area contributed by atoms with Crippen LogP contribution in [0.25, 0.3) is 16.8 Å². The molecule has 1 aliphatic rings. The SMILES string of the molecule is c1ccc(CN2CCC(c3nc4ccc(-c5ccncc5)cn4n3)C2)nc1. The minimum Gasteiger partial charge on any atom is -0.297 e. The highest BCUT2D eigenvalue weighted by atomic mass is 15.3. The second-order valence-corrected chi connectivity index (χ2v) is 6.97. The van der Waals surface area contributed by atoms with E-state index < -0.39 is 0 Å². The molecule has 5 heterocycles. The maximum atomic E-state index is 4.77. The molecule has 0 aliphatic carbocycles. The van der Waals surface area contributed by atoms with E-state index in [1.807, 2.05) is 47.2 Å². The zero-order valence-corrected chi connectivity index (χ0v) is 14.9. The van der Waals surface area contributed by atoms with Gasteiger partial charge in [0.15, 0.2) is 11.5 Å². The summed E-state index contributed by atoms with van der Waals surface area (Å²) in [5, 5.41) is 4.77. The van der Waals surface area contributed by atoms with Crippen molar-refractivity contribution in [2.45, 2.75) is 18.9 Å². The van der Waals surface area contributed by atoms with Gasteiger partial charge in [0.05, 0.1) is 5.69 Å². The maximum Gasteiger partial charge on any atom is 0.156 e. The van der Waals surface area contributed by atoms with Gasteiger partial charge in [0.1, 0.15) is 0 Å². The van der Waals surface area contributed by atoms with Gasteiger partial charge in [0.2, 0.25) is 0 Å². The van der Waals surface area contributed by atoms with Gasteiger partial charge >= 0.3 is 0 Å². The molecule has 0 amide bonds. The first-order chi connectivity index (χ1) is 13.3. The molecule has 0 radical (unpaired) electrons. The van der Waals surface area contributed by atoms with E-state index in [1.165, 1.54) is 0 Å². The molecule has 0 saturated carbocycles. The molecule has 6 nitrogen and oxygen atoms in total. The lowest BCUT2D eigenvalue weighted by Gasteiger charge is -2.14. The summed E-state index contributed by atoms with van der Waals surface area (Å²) in [5.74, 6) is 1.31. The predicted molar refractivity (Wildman–Crippen MR) is 103 cm³/mol. The van der Waals surface area contributed by atoms with Gasteiger partial charge in [-0.25, -0.2) is 9.50 Å². The van der Waals surface area contributed by atoms with Crippen LogP contribution in [0.5, 0.6) is 0 Å². The Labute approximate surface area is 157 Å². The Morgan fingerprint density at radius 1 is 0.963 bits per heavy atom.